The third-order valence-electron chi connectivity index (χ3n) is 5.13. The van der Waals surface area contributed by atoms with Gasteiger partial charge in [0.05, 0.1) is 6.04 Å². The zero-order valence-electron chi connectivity index (χ0n) is 14.4. The Morgan fingerprint density at radius 1 is 0.960 bits per heavy atom. The van der Waals surface area contributed by atoms with Crippen molar-refractivity contribution in [2.45, 2.75) is 25.9 Å². The van der Waals surface area contributed by atoms with E-state index in [0.29, 0.717) is 0 Å². The number of carbonyl (C=O) groups excluding carboxylic acids is 1. The van der Waals surface area contributed by atoms with E-state index in [1.807, 2.05) is 37.3 Å². The van der Waals surface area contributed by atoms with Gasteiger partial charge >= 0.3 is 0 Å². The number of anilines is 1. The van der Waals surface area contributed by atoms with Crippen molar-refractivity contribution in [3.05, 3.63) is 77.9 Å². The predicted molar refractivity (Wildman–Crippen MR) is 103 cm³/mol. The second-order valence-corrected chi connectivity index (χ2v) is 6.68. The van der Waals surface area contributed by atoms with Crippen LogP contribution in [0.15, 0.2) is 66.7 Å². The molecule has 1 aliphatic rings. The summed E-state index contributed by atoms with van der Waals surface area (Å²) in [6.07, 6.45) is 1.00. The standard InChI is InChI=1S/C22H22N2O/c1-16(24-14-13-17-7-2-3-9-19(17)15-24)22(25)23-21-12-6-10-18-8-4-5-11-20(18)21/h2-12,16H,13-15H2,1H3,(H,23,25). The molecular formula is C22H22N2O. The number of benzene rings is 3. The van der Waals surface area contributed by atoms with Crippen molar-refractivity contribution in [2.75, 3.05) is 11.9 Å². The number of nitrogens with one attached hydrogen (secondary N) is 1. The first-order chi connectivity index (χ1) is 12.2. The summed E-state index contributed by atoms with van der Waals surface area (Å²) < 4.78 is 0. The van der Waals surface area contributed by atoms with Gasteiger partial charge in [0.2, 0.25) is 5.91 Å². The monoisotopic (exact) mass is 330 g/mol. The first-order valence-corrected chi connectivity index (χ1v) is 8.82. The van der Waals surface area contributed by atoms with Gasteiger partial charge in [-0.05, 0) is 35.9 Å². The highest BCUT2D eigenvalue weighted by molar-refractivity contribution is 6.03. The van der Waals surface area contributed by atoms with E-state index in [9.17, 15) is 4.79 Å². The molecule has 0 spiro atoms. The third kappa shape index (κ3) is 3.15. The lowest BCUT2D eigenvalue weighted by Gasteiger charge is -2.33. The number of carbonyl (C=O) groups is 1. The minimum Gasteiger partial charge on any atom is -0.324 e. The highest BCUT2D eigenvalue weighted by Gasteiger charge is 2.25. The summed E-state index contributed by atoms with van der Waals surface area (Å²) in [5, 5.41) is 5.34. The smallest absolute Gasteiger partial charge is 0.241 e. The molecule has 0 saturated heterocycles. The van der Waals surface area contributed by atoms with Crippen LogP contribution in [-0.2, 0) is 17.8 Å². The normalized spacial score (nSPS) is 15.6. The molecule has 3 aromatic carbocycles. The van der Waals surface area contributed by atoms with Crippen LogP contribution >= 0.6 is 0 Å². The fourth-order valence-corrected chi connectivity index (χ4v) is 3.59. The molecule has 1 amide bonds. The van der Waals surface area contributed by atoms with Gasteiger partial charge in [0.15, 0.2) is 0 Å². The van der Waals surface area contributed by atoms with Crippen molar-refractivity contribution >= 4 is 22.4 Å². The van der Waals surface area contributed by atoms with Crippen LogP contribution < -0.4 is 5.32 Å². The Hall–Kier alpha value is -2.65. The molecule has 3 aromatic rings. The second kappa shape index (κ2) is 6.69. The quantitative estimate of drug-likeness (QED) is 0.779. The van der Waals surface area contributed by atoms with Gasteiger partial charge in [-0.15, -0.1) is 0 Å². The Balaban J connectivity index is 1.51. The number of nitrogens with zero attached hydrogens (tertiary/aromatic N) is 1. The van der Waals surface area contributed by atoms with Gasteiger partial charge in [0, 0.05) is 24.2 Å². The van der Waals surface area contributed by atoms with Gasteiger partial charge in [0.1, 0.15) is 0 Å². The largest absolute Gasteiger partial charge is 0.324 e. The molecule has 1 atom stereocenters. The van der Waals surface area contributed by atoms with Gasteiger partial charge in [-0.25, -0.2) is 0 Å². The lowest BCUT2D eigenvalue weighted by molar-refractivity contribution is -0.121. The van der Waals surface area contributed by atoms with Crippen LogP contribution in [0, 0.1) is 0 Å². The van der Waals surface area contributed by atoms with E-state index in [0.717, 1.165) is 36.0 Å². The highest BCUT2D eigenvalue weighted by Crippen LogP contribution is 2.24. The Bertz CT molecular complexity index is 913. The van der Waals surface area contributed by atoms with E-state index in [2.05, 4.69) is 46.6 Å². The minimum atomic E-state index is -0.160. The maximum absolute atomic E-state index is 12.8. The molecule has 3 nitrogen and oxygen atoms in total. The summed E-state index contributed by atoms with van der Waals surface area (Å²) in [6, 6.07) is 22.5. The van der Waals surface area contributed by atoms with Crippen molar-refractivity contribution in [3.63, 3.8) is 0 Å². The van der Waals surface area contributed by atoms with Crippen molar-refractivity contribution < 1.29 is 4.79 Å². The number of rotatable bonds is 3. The summed E-state index contributed by atoms with van der Waals surface area (Å²) in [5.74, 6) is 0.0516. The van der Waals surface area contributed by atoms with Crippen LogP contribution in [0.1, 0.15) is 18.1 Å². The molecule has 1 N–H and O–H groups in total. The van der Waals surface area contributed by atoms with E-state index in [4.69, 9.17) is 0 Å². The van der Waals surface area contributed by atoms with Crippen molar-refractivity contribution in [1.82, 2.24) is 4.90 Å². The minimum absolute atomic E-state index is 0.0516. The SMILES string of the molecule is CC(C(=O)Nc1cccc2ccccc12)N1CCc2ccccc2C1. The highest BCUT2D eigenvalue weighted by atomic mass is 16.2. The first-order valence-electron chi connectivity index (χ1n) is 8.82. The first kappa shape index (κ1) is 15.9. The second-order valence-electron chi connectivity index (χ2n) is 6.68. The van der Waals surface area contributed by atoms with Gasteiger partial charge in [-0.3, -0.25) is 9.69 Å². The molecule has 1 unspecified atom stereocenters. The van der Waals surface area contributed by atoms with Crippen LogP contribution in [0.4, 0.5) is 5.69 Å². The molecule has 126 valence electrons. The predicted octanol–water partition coefficient (Wildman–Crippen LogP) is 4.23. The topological polar surface area (TPSA) is 32.3 Å². The van der Waals surface area contributed by atoms with Gasteiger partial charge in [0.25, 0.3) is 0 Å². The Morgan fingerprint density at radius 2 is 1.68 bits per heavy atom. The zero-order chi connectivity index (χ0) is 17.2. The Labute approximate surface area is 148 Å². The lowest BCUT2D eigenvalue weighted by Crippen LogP contribution is -2.44. The van der Waals surface area contributed by atoms with Gasteiger partial charge in [-0.1, -0.05) is 60.7 Å². The number of hydrogen-bond acceptors (Lipinski definition) is 2. The molecule has 0 bridgehead atoms. The van der Waals surface area contributed by atoms with Crippen LogP contribution in [0.3, 0.4) is 0 Å². The Kier molecular flexibility index (Phi) is 4.24. The van der Waals surface area contributed by atoms with Crippen LogP contribution in [0.25, 0.3) is 10.8 Å². The number of hydrogen-bond donors (Lipinski definition) is 1. The molecule has 1 aliphatic heterocycles. The van der Waals surface area contributed by atoms with Crippen LogP contribution in [-0.4, -0.2) is 23.4 Å². The molecule has 25 heavy (non-hydrogen) atoms. The van der Waals surface area contributed by atoms with E-state index in [1.54, 1.807) is 0 Å². The molecule has 0 aliphatic carbocycles. The Morgan fingerprint density at radius 3 is 2.56 bits per heavy atom. The fraction of sp³-hybridized carbons (Fsp3) is 0.227. The average molecular weight is 330 g/mol. The molecule has 0 saturated carbocycles. The fourth-order valence-electron chi connectivity index (χ4n) is 3.59. The summed E-state index contributed by atoms with van der Waals surface area (Å²) in [4.78, 5) is 15.1. The van der Waals surface area contributed by atoms with E-state index in [1.165, 1.54) is 11.1 Å². The number of amides is 1. The van der Waals surface area contributed by atoms with Crippen molar-refractivity contribution in [1.29, 1.82) is 0 Å². The summed E-state index contributed by atoms with van der Waals surface area (Å²) in [6.45, 7) is 3.75. The van der Waals surface area contributed by atoms with Crippen LogP contribution in [0.2, 0.25) is 0 Å². The molecular weight excluding hydrogens is 308 g/mol. The molecule has 0 aromatic heterocycles. The maximum Gasteiger partial charge on any atom is 0.241 e. The molecule has 0 radical (unpaired) electrons. The van der Waals surface area contributed by atoms with Gasteiger partial charge in [-0.2, -0.15) is 0 Å². The summed E-state index contributed by atoms with van der Waals surface area (Å²) in [5.41, 5.74) is 3.62. The van der Waals surface area contributed by atoms with E-state index in [-0.39, 0.29) is 11.9 Å². The molecule has 4 rings (SSSR count). The van der Waals surface area contributed by atoms with Crippen LogP contribution in [0.5, 0.6) is 0 Å². The zero-order valence-corrected chi connectivity index (χ0v) is 14.4. The van der Waals surface area contributed by atoms with Crippen molar-refractivity contribution in [3.8, 4) is 0 Å². The average Bonchev–Trinajstić information content (AvgIpc) is 2.67. The van der Waals surface area contributed by atoms with E-state index >= 15 is 0 Å². The maximum atomic E-state index is 12.8. The lowest BCUT2D eigenvalue weighted by atomic mass is 9.98. The number of fused-ring (bicyclic) bond motifs is 2. The molecule has 1 heterocycles. The van der Waals surface area contributed by atoms with Gasteiger partial charge < -0.3 is 5.32 Å². The van der Waals surface area contributed by atoms with Crippen molar-refractivity contribution in [2.24, 2.45) is 0 Å². The van der Waals surface area contributed by atoms with E-state index < -0.39 is 0 Å². The third-order valence-corrected chi connectivity index (χ3v) is 5.13. The summed E-state index contributed by atoms with van der Waals surface area (Å²) >= 11 is 0. The summed E-state index contributed by atoms with van der Waals surface area (Å²) in [7, 11) is 0. The molecule has 0 fully saturated rings. The molecule has 3 heteroatoms.